The first kappa shape index (κ1) is 26.6. The third-order valence-electron chi connectivity index (χ3n) is 10.8. The molecule has 0 saturated heterocycles. The van der Waals surface area contributed by atoms with Crippen molar-refractivity contribution in [3.63, 3.8) is 0 Å². The van der Waals surface area contributed by atoms with Crippen molar-refractivity contribution < 1.29 is 0 Å². The van der Waals surface area contributed by atoms with Gasteiger partial charge in [0.15, 0.2) is 5.69 Å². The van der Waals surface area contributed by atoms with Crippen molar-refractivity contribution in [2.75, 3.05) is 0 Å². The average molecular weight is 637 g/mol. The summed E-state index contributed by atoms with van der Waals surface area (Å²) in [6.07, 6.45) is 0. The van der Waals surface area contributed by atoms with E-state index >= 15 is 0 Å². The van der Waals surface area contributed by atoms with Gasteiger partial charge in [-0.3, -0.25) is 0 Å². The van der Waals surface area contributed by atoms with Gasteiger partial charge in [-0.05, 0) is 135 Å². The second-order valence-electron chi connectivity index (χ2n) is 13.1. The summed E-state index contributed by atoms with van der Waals surface area (Å²) in [4.78, 5) is 3.92. The van der Waals surface area contributed by atoms with Crippen molar-refractivity contribution in [1.29, 1.82) is 5.26 Å². The minimum absolute atomic E-state index is 0.465. The summed E-state index contributed by atoms with van der Waals surface area (Å²) in [6, 6.07) is 47.3. The first-order chi connectivity index (χ1) is 24.1. The molecule has 0 saturated carbocycles. The van der Waals surface area contributed by atoms with Crippen LogP contribution >= 0.6 is 11.6 Å². The Hall–Kier alpha value is -6.45. The molecule has 11 rings (SSSR count). The van der Waals surface area contributed by atoms with Crippen LogP contribution in [0.15, 0.2) is 127 Å². The molecule has 222 valence electrons. The zero-order valence-electron chi connectivity index (χ0n) is 25.9. The highest BCUT2D eigenvalue weighted by atomic mass is 35.5. The van der Waals surface area contributed by atoms with E-state index in [1.165, 1.54) is 54.9 Å². The molecule has 3 heteroatoms. The summed E-state index contributed by atoms with van der Waals surface area (Å²) < 4.78 is 0. The van der Waals surface area contributed by atoms with Crippen LogP contribution in [0.25, 0.3) is 114 Å². The SMILES string of the molecule is [C-]#[N+]c1cc(C#N)ccc1-c1cc2c3cc4c(c(Cl)c3ccc2c2cc3c(cc12)-c1cccc2cccc-3c12)-c1cccc2cccc-4c12. The van der Waals surface area contributed by atoms with Crippen LogP contribution in [0, 0.1) is 17.9 Å². The molecule has 9 aromatic rings. The van der Waals surface area contributed by atoms with Crippen LogP contribution in [-0.2, 0) is 0 Å². The van der Waals surface area contributed by atoms with Crippen molar-refractivity contribution in [2.45, 2.75) is 0 Å². The molecule has 0 spiro atoms. The van der Waals surface area contributed by atoms with E-state index < -0.39 is 0 Å². The zero-order valence-corrected chi connectivity index (χ0v) is 26.7. The summed E-state index contributed by atoms with van der Waals surface area (Å²) in [7, 11) is 0. The van der Waals surface area contributed by atoms with Crippen molar-refractivity contribution in [2.24, 2.45) is 0 Å². The summed E-state index contributed by atoms with van der Waals surface area (Å²) in [5, 5.41) is 21.9. The lowest BCUT2D eigenvalue weighted by Crippen LogP contribution is -1.90. The van der Waals surface area contributed by atoms with Crippen LogP contribution in [-0.4, -0.2) is 0 Å². The third kappa shape index (κ3) is 3.34. The molecule has 2 nitrogen and oxygen atoms in total. The number of nitriles is 1. The van der Waals surface area contributed by atoms with E-state index in [2.05, 4.69) is 120 Å². The topological polar surface area (TPSA) is 28.1 Å². The lowest BCUT2D eigenvalue weighted by molar-refractivity contribution is 1.49. The lowest BCUT2D eigenvalue weighted by Gasteiger charge is -2.18. The molecule has 0 radical (unpaired) electrons. The van der Waals surface area contributed by atoms with Gasteiger partial charge in [-0.25, -0.2) is 4.85 Å². The highest BCUT2D eigenvalue weighted by molar-refractivity contribution is 6.42. The van der Waals surface area contributed by atoms with Crippen LogP contribution < -0.4 is 0 Å². The Kier molecular flexibility index (Phi) is 5.07. The fourth-order valence-corrected chi connectivity index (χ4v) is 9.11. The summed E-state index contributed by atoms with van der Waals surface area (Å²) in [6.45, 7) is 8.12. The van der Waals surface area contributed by atoms with Crippen molar-refractivity contribution in [3.05, 3.63) is 149 Å². The average Bonchev–Trinajstić information content (AvgIpc) is 3.65. The Labute approximate surface area is 286 Å². The molecule has 0 unspecified atom stereocenters. The van der Waals surface area contributed by atoms with Crippen LogP contribution in [0.4, 0.5) is 5.69 Å². The maximum atomic E-state index is 9.67. The van der Waals surface area contributed by atoms with Gasteiger partial charge >= 0.3 is 0 Å². The predicted octanol–water partition coefficient (Wildman–Crippen LogP) is 13.5. The van der Waals surface area contributed by atoms with Gasteiger partial charge in [-0.15, -0.1) is 0 Å². The van der Waals surface area contributed by atoms with Gasteiger partial charge in [-0.1, -0.05) is 103 Å². The number of hydrogen-bond acceptors (Lipinski definition) is 1. The van der Waals surface area contributed by atoms with Crippen LogP contribution in [0.3, 0.4) is 0 Å². The molecule has 2 aliphatic carbocycles. The van der Waals surface area contributed by atoms with Crippen LogP contribution in [0.2, 0.25) is 5.02 Å². The maximum absolute atomic E-state index is 9.67. The van der Waals surface area contributed by atoms with E-state index in [0.717, 1.165) is 59.6 Å². The minimum Gasteiger partial charge on any atom is -0.237 e. The molecule has 0 N–H and O–H groups in total. The van der Waals surface area contributed by atoms with E-state index in [4.69, 9.17) is 18.2 Å². The zero-order chi connectivity index (χ0) is 32.5. The summed E-state index contributed by atoms with van der Waals surface area (Å²) >= 11 is 7.42. The molecule has 0 fully saturated rings. The second-order valence-corrected chi connectivity index (χ2v) is 13.5. The fraction of sp³-hybridized carbons (Fsp3) is 0. The van der Waals surface area contributed by atoms with Crippen LogP contribution in [0.5, 0.6) is 0 Å². The molecule has 0 aromatic heterocycles. The highest BCUT2D eigenvalue weighted by Gasteiger charge is 2.27. The first-order valence-electron chi connectivity index (χ1n) is 16.3. The summed E-state index contributed by atoms with van der Waals surface area (Å²) in [5.74, 6) is 0. The minimum atomic E-state index is 0.465. The van der Waals surface area contributed by atoms with Gasteiger partial charge in [-0.2, -0.15) is 5.26 Å². The largest absolute Gasteiger partial charge is 0.237 e. The number of benzene rings is 9. The molecule has 2 aliphatic rings. The molecular weight excluding hydrogens is 616 g/mol. The standard InChI is InChI=1S/C46H21ClN2/c1-49-42-18-24(23-48)14-15-28(42)36-19-34-27(35-20-37-29-10-2-6-25-7-3-11-30(43(25)29)38(37)21-40(35)36)16-17-32-39(34)22-41-31-12-4-8-26-9-5-13-33(44(26)31)45(41)46(32)47/h2-22H. The Bertz CT molecular complexity index is 3130. The predicted molar refractivity (Wildman–Crippen MR) is 204 cm³/mol. The lowest BCUT2D eigenvalue weighted by atomic mass is 9.86. The van der Waals surface area contributed by atoms with Crippen molar-refractivity contribution >= 4 is 71.2 Å². The monoisotopic (exact) mass is 636 g/mol. The van der Waals surface area contributed by atoms with Gasteiger partial charge in [0.2, 0.25) is 0 Å². The molecule has 0 aliphatic heterocycles. The van der Waals surface area contributed by atoms with E-state index in [1.807, 2.05) is 12.1 Å². The molecule has 9 aromatic carbocycles. The Morgan fingerprint density at radius 1 is 0.469 bits per heavy atom. The Morgan fingerprint density at radius 3 is 1.67 bits per heavy atom. The molecule has 0 amide bonds. The van der Waals surface area contributed by atoms with E-state index in [1.54, 1.807) is 6.07 Å². The number of rotatable bonds is 1. The second kappa shape index (κ2) is 9.33. The van der Waals surface area contributed by atoms with E-state index in [0.29, 0.717) is 11.3 Å². The Morgan fingerprint density at radius 2 is 1.00 bits per heavy atom. The number of halogens is 1. The smallest absolute Gasteiger partial charge is 0.196 e. The maximum Gasteiger partial charge on any atom is 0.196 e. The first-order valence-corrected chi connectivity index (χ1v) is 16.7. The number of nitrogens with zero attached hydrogens (tertiary/aromatic N) is 2. The van der Waals surface area contributed by atoms with E-state index in [-0.39, 0.29) is 0 Å². The van der Waals surface area contributed by atoms with Gasteiger partial charge in [0.05, 0.1) is 17.7 Å². The van der Waals surface area contributed by atoms with Crippen LogP contribution in [0.1, 0.15) is 5.56 Å². The van der Waals surface area contributed by atoms with Crippen molar-refractivity contribution in [3.8, 4) is 61.7 Å². The Balaban J connectivity index is 1.31. The normalized spacial score (nSPS) is 12.1. The number of hydrogen-bond donors (Lipinski definition) is 0. The summed E-state index contributed by atoms with van der Waals surface area (Å²) in [5.41, 5.74) is 12.2. The molecule has 49 heavy (non-hydrogen) atoms. The molecule has 0 atom stereocenters. The highest BCUT2D eigenvalue weighted by Crippen LogP contribution is 2.55. The number of fused-ring (bicyclic) bond motifs is 11. The molecule has 0 bridgehead atoms. The van der Waals surface area contributed by atoms with Gasteiger partial charge < -0.3 is 0 Å². The van der Waals surface area contributed by atoms with Gasteiger partial charge in [0.25, 0.3) is 0 Å². The van der Waals surface area contributed by atoms with Gasteiger partial charge in [0.1, 0.15) is 0 Å². The quantitative estimate of drug-likeness (QED) is 0.130. The third-order valence-corrected chi connectivity index (χ3v) is 11.2. The van der Waals surface area contributed by atoms with Gasteiger partial charge in [0, 0.05) is 16.5 Å². The van der Waals surface area contributed by atoms with Crippen molar-refractivity contribution in [1.82, 2.24) is 0 Å². The van der Waals surface area contributed by atoms with E-state index in [9.17, 15) is 5.26 Å². The molecular formula is C46H21ClN2. The molecule has 0 heterocycles. The fourth-order valence-electron chi connectivity index (χ4n) is 8.74.